The number of carbonyl (C=O) groups is 2. The molecule has 0 aliphatic heterocycles. The van der Waals surface area contributed by atoms with Gasteiger partial charge in [-0.3, -0.25) is 9.59 Å². The zero-order chi connectivity index (χ0) is 16.7. The average Bonchev–Trinajstić information content (AvgIpc) is 2.58. The smallest absolute Gasteiger partial charge is 0.259 e. The highest BCUT2D eigenvalue weighted by Crippen LogP contribution is 2.03. The first-order chi connectivity index (χ1) is 11.1. The van der Waals surface area contributed by atoms with Gasteiger partial charge in [-0.2, -0.15) is 5.10 Å². The van der Waals surface area contributed by atoms with Crippen LogP contribution in [0.1, 0.15) is 22.8 Å². The average molecular weight is 313 g/mol. The minimum atomic E-state index is -0.525. The van der Waals surface area contributed by atoms with Crippen LogP contribution in [0.4, 0.5) is 4.39 Å². The van der Waals surface area contributed by atoms with Crippen molar-refractivity contribution in [2.24, 2.45) is 5.10 Å². The molecule has 0 spiro atoms. The number of amides is 2. The van der Waals surface area contributed by atoms with E-state index in [0.29, 0.717) is 5.71 Å². The highest BCUT2D eigenvalue weighted by Gasteiger charge is 2.08. The van der Waals surface area contributed by atoms with Crippen LogP contribution >= 0.6 is 0 Å². The molecule has 6 heteroatoms. The normalized spacial score (nSPS) is 11.0. The van der Waals surface area contributed by atoms with Gasteiger partial charge in [-0.05, 0) is 30.7 Å². The van der Waals surface area contributed by atoms with E-state index in [1.54, 1.807) is 6.92 Å². The Kier molecular flexibility index (Phi) is 5.57. The lowest BCUT2D eigenvalue weighted by molar-refractivity contribution is -0.120. The number of nitrogens with one attached hydrogen (secondary N) is 2. The van der Waals surface area contributed by atoms with Crippen molar-refractivity contribution in [2.75, 3.05) is 6.54 Å². The van der Waals surface area contributed by atoms with Crippen molar-refractivity contribution < 1.29 is 14.0 Å². The van der Waals surface area contributed by atoms with E-state index in [4.69, 9.17) is 0 Å². The van der Waals surface area contributed by atoms with Crippen molar-refractivity contribution in [3.05, 3.63) is 71.5 Å². The van der Waals surface area contributed by atoms with E-state index >= 15 is 0 Å². The monoisotopic (exact) mass is 313 g/mol. The first kappa shape index (κ1) is 16.4. The molecule has 2 aromatic rings. The van der Waals surface area contributed by atoms with Crippen LogP contribution in [0, 0.1) is 5.82 Å². The highest BCUT2D eigenvalue weighted by molar-refractivity contribution is 5.99. The Balaban J connectivity index is 1.84. The van der Waals surface area contributed by atoms with E-state index in [2.05, 4.69) is 15.8 Å². The van der Waals surface area contributed by atoms with Gasteiger partial charge in [-0.15, -0.1) is 0 Å². The van der Waals surface area contributed by atoms with Crippen LogP contribution in [0.2, 0.25) is 0 Å². The van der Waals surface area contributed by atoms with Crippen LogP contribution < -0.4 is 10.7 Å². The second-order valence-electron chi connectivity index (χ2n) is 4.79. The fourth-order valence-electron chi connectivity index (χ4n) is 1.82. The summed E-state index contributed by atoms with van der Waals surface area (Å²) in [5.74, 6) is -1.50. The highest BCUT2D eigenvalue weighted by atomic mass is 19.1. The van der Waals surface area contributed by atoms with Crippen molar-refractivity contribution in [3.8, 4) is 0 Å². The van der Waals surface area contributed by atoms with Crippen LogP contribution in [-0.2, 0) is 4.79 Å². The standard InChI is InChI=1S/C17H16FN3O2/c1-12(13-6-3-2-4-7-13)20-21-16(22)11-19-17(23)14-8-5-9-15(18)10-14/h2-10H,11H2,1H3,(H,19,23)(H,21,22). The van der Waals surface area contributed by atoms with Crippen molar-refractivity contribution >= 4 is 17.5 Å². The fraction of sp³-hybridized carbons (Fsp3) is 0.118. The maximum Gasteiger partial charge on any atom is 0.259 e. The number of rotatable bonds is 5. The molecular weight excluding hydrogens is 297 g/mol. The number of hydrazone groups is 1. The van der Waals surface area contributed by atoms with E-state index in [0.717, 1.165) is 11.6 Å². The predicted octanol–water partition coefficient (Wildman–Crippen LogP) is 2.10. The van der Waals surface area contributed by atoms with Gasteiger partial charge in [-0.25, -0.2) is 9.82 Å². The summed E-state index contributed by atoms with van der Waals surface area (Å²) < 4.78 is 13.0. The summed E-state index contributed by atoms with van der Waals surface area (Å²) in [6.07, 6.45) is 0. The maximum atomic E-state index is 13.0. The summed E-state index contributed by atoms with van der Waals surface area (Å²) in [5, 5.41) is 6.37. The van der Waals surface area contributed by atoms with Crippen LogP contribution in [0.15, 0.2) is 59.7 Å². The summed E-state index contributed by atoms with van der Waals surface area (Å²) in [5.41, 5.74) is 4.05. The number of hydrogen-bond acceptors (Lipinski definition) is 3. The van der Waals surface area contributed by atoms with Gasteiger partial charge < -0.3 is 5.32 Å². The largest absolute Gasteiger partial charge is 0.343 e. The molecule has 118 valence electrons. The minimum absolute atomic E-state index is 0.154. The van der Waals surface area contributed by atoms with Gasteiger partial charge in [0.15, 0.2) is 0 Å². The summed E-state index contributed by atoms with van der Waals surface area (Å²) in [6.45, 7) is 1.52. The quantitative estimate of drug-likeness (QED) is 0.655. The first-order valence-electron chi connectivity index (χ1n) is 6.98. The van der Waals surface area contributed by atoms with Gasteiger partial charge in [0.1, 0.15) is 5.82 Å². The third-order valence-corrected chi connectivity index (χ3v) is 3.04. The molecule has 0 fully saturated rings. The Morgan fingerprint density at radius 3 is 2.43 bits per heavy atom. The van der Waals surface area contributed by atoms with E-state index in [1.807, 2.05) is 30.3 Å². The Labute approximate surface area is 133 Å². The molecule has 2 rings (SSSR count). The Hall–Kier alpha value is -3.02. The van der Waals surface area contributed by atoms with Crippen LogP contribution in [0.25, 0.3) is 0 Å². The van der Waals surface area contributed by atoms with Gasteiger partial charge in [0, 0.05) is 5.56 Å². The molecule has 2 aromatic carbocycles. The lowest BCUT2D eigenvalue weighted by Crippen LogP contribution is -2.35. The van der Waals surface area contributed by atoms with Crippen molar-refractivity contribution in [1.82, 2.24) is 10.7 Å². The summed E-state index contributed by atoms with van der Waals surface area (Å²) >= 11 is 0. The van der Waals surface area contributed by atoms with Crippen LogP contribution in [-0.4, -0.2) is 24.1 Å². The topological polar surface area (TPSA) is 70.6 Å². The molecule has 0 aliphatic carbocycles. The molecule has 0 atom stereocenters. The fourth-order valence-corrected chi connectivity index (χ4v) is 1.82. The third-order valence-electron chi connectivity index (χ3n) is 3.04. The molecule has 0 saturated heterocycles. The van der Waals surface area contributed by atoms with E-state index in [1.165, 1.54) is 18.2 Å². The van der Waals surface area contributed by atoms with Crippen molar-refractivity contribution in [1.29, 1.82) is 0 Å². The SMILES string of the molecule is CC(=NNC(=O)CNC(=O)c1cccc(F)c1)c1ccccc1. The molecule has 0 unspecified atom stereocenters. The molecule has 2 amide bonds. The molecule has 0 radical (unpaired) electrons. The number of hydrogen-bond donors (Lipinski definition) is 2. The Morgan fingerprint density at radius 2 is 1.74 bits per heavy atom. The maximum absolute atomic E-state index is 13.0. The Bertz CT molecular complexity index is 730. The van der Waals surface area contributed by atoms with E-state index in [9.17, 15) is 14.0 Å². The number of nitrogens with zero attached hydrogens (tertiary/aromatic N) is 1. The predicted molar refractivity (Wildman–Crippen MR) is 85.5 cm³/mol. The molecule has 5 nitrogen and oxygen atoms in total. The third kappa shape index (κ3) is 5.03. The summed E-state index contributed by atoms with van der Waals surface area (Å²) in [4.78, 5) is 23.4. The van der Waals surface area contributed by atoms with Crippen molar-refractivity contribution in [2.45, 2.75) is 6.92 Å². The number of halogens is 1. The molecule has 23 heavy (non-hydrogen) atoms. The van der Waals surface area contributed by atoms with Crippen LogP contribution in [0.3, 0.4) is 0 Å². The molecule has 0 heterocycles. The van der Waals surface area contributed by atoms with Gasteiger partial charge in [-0.1, -0.05) is 36.4 Å². The minimum Gasteiger partial charge on any atom is -0.343 e. The number of carbonyl (C=O) groups excluding carboxylic acids is 2. The van der Waals surface area contributed by atoms with Gasteiger partial charge >= 0.3 is 0 Å². The first-order valence-corrected chi connectivity index (χ1v) is 6.98. The van der Waals surface area contributed by atoms with Gasteiger partial charge in [0.2, 0.25) is 0 Å². The molecular formula is C17H16FN3O2. The molecule has 0 aromatic heterocycles. The van der Waals surface area contributed by atoms with Gasteiger partial charge in [0.05, 0.1) is 12.3 Å². The second-order valence-corrected chi connectivity index (χ2v) is 4.79. The second kappa shape index (κ2) is 7.84. The Morgan fingerprint density at radius 1 is 1.04 bits per heavy atom. The van der Waals surface area contributed by atoms with E-state index in [-0.39, 0.29) is 12.1 Å². The molecule has 0 aliphatic rings. The zero-order valence-corrected chi connectivity index (χ0v) is 12.5. The number of benzene rings is 2. The summed E-state index contributed by atoms with van der Waals surface area (Å²) in [6, 6.07) is 14.6. The zero-order valence-electron chi connectivity index (χ0n) is 12.5. The van der Waals surface area contributed by atoms with Gasteiger partial charge in [0.25, 0.3) is 11.8 Å². The molecule has 0 saturated carbocycles. The lowest BCUT2D eigenvalue weighted by Gasteiger charge is -2.05. The molecule has 2 N–H and O–H groups in total. The molecule has 0 bridgehead atoms. The van der Waals surface area contributed by atoms with Crippen molar-refractivity contribution in [3.63, 3.8) is 0 Å². The van der Waals surface area contributed by atoms with Crippen LogP contribution in [0.5, 0.6) is 0 Å². The summed E-state index contributed by atoms with van der Waals surface area (Å²) in [7, 11) is 0. The van der Waals surface area contributed by atoms with E-state index < -0.39 is 17.6 Å². The lowest BCUT2D eigenvalue weighted by atomic mass is 10.1.